The van der Waals surface area contributed by atoms with Gasteiger partial charge in [-0.15, -0.1) is 0 Å². The van der Waals surface area contributed by atoms with Crippen molar-refractivity contribution in [2.24, 2.45) is 5.92 Å². The van der Waals surface area contributed by atoms with Gasteiger partial charge in [0.05, 0.1) is 16.9 Å². The van der Waals surface area contributed by atoms with Crippen LogP contribution in [0.3, 0.4) is 0 Å². The fourth-order valence-corrected chi connectivity index (χ4v) is 7.77. The first-order chi connectivity index (χ1) is 21.1. The van der Waals surface area contributed by atoms with Crippen LogP contribution in [-0.4, -0.2) is 49.2 Å². The second-order valence-corrected chi connectivity index (χ2v) is 14.7. The van der Waals surface area contributed by atoms with Gasteiger partial charge in [0, 0.05) is 18.7 Å². The molecular formula is C35H43LiN2O5S2. The molecule has 0 unspecified atom stereocenters. The van der Waals surface area contributed by atoms with Crippen molar-refractivity contribution in [3.8, 4) is 11.1 Å². The number of carbonyl (C=O) groups is 2. The SMILES string of the molecule is CSCC[C@H](NC(=O)c1ccc(CN(CCC2CCCCC2)S(=O)(=O)c2ccc(C)cc2)cc1-c1ccccc1C)C(=O)[O-].[Li+]. The number of carboxylic acid groups (broad SMARTS) is 1. The summed E-state index contributed by atoms with van der Waals surface area (Å²) in [6.07, 6.45) is 8.80. The average molecular weight is 643 g/mol. The molecule has 1 atom stereocenters. The van der Waals surface area contributed by atoms with E-state index in [9.17, 15) is 23.1 Å². The van der Waals surface area contributed by atoms with Crippen LogP contribution < -0.4 is 29.3 Å². The van der Waals surface area contributed by atoms with Crippen LogP contribution in [0.2, 0.25) is 0 Å². The van der Waals surface area contributed by atoms with Gasteiger partial charge < -0.3 is 15.2 Å². The van der Waals surface area contributed by atoms with Crippen LogP contribution in [0.1, 0.15) is 72.0 Å². The summed E-state index contributed by atoms with van der Waals surface area (Å²) in [6, 6.07) is 18.8. The molecule has 236 valence electrons. The second-order valence-electron chi connectivity index (χ2n) is 11.8. The van der Waals surface area contributed by atoms with Gasteiger partial charge in [0.25, 0.3) is 5.91 Å². The van der Waals surface area contributed by atoms with E-state index in [-0.39, 0.29) is 36.7 Å². The summed E-state index contributed by atoms with van der Waals surface area (Å²) >= 11 is 1.50. The number of aryl methyl sites for hydroxylation is 2. The van der Waals surface area contributed by atoms with Gasteiger partial charge in [0.1, 0.15) is 0 Å². The van der Waals surface area contributed by atoms with E-state index in [0.717, 1.165) is 41.5 Å². The van der Waals surface area contributed by atoms with E-state index < -0.39 is 27.9 Å². The van der Waals surface area contributed by atoms with Crippen molar-refractivity contribution in [2.45, 2.75) is 76.3 Å². The fraction of sp³-hybridized carbons (Fsp3) is 0.429. The summed E-state index contributed by atoms with van der Waals surface area (Å²) in [4.78, 5) is 25.5. The molecule has 7 nitrogen and oxygen atoms in total. The number of nitrogens with one attached hydrogen (secondary N) is 1. The zero-order valence-electron chi connectivity index (χ0n) is 26.9. The number of nitrogens with zero attached hydrogens (tertiary/aromatic N) is 1. The minimum absolute atomic E-state index is 0. The smallest absolute Gasteiger partial charge is 0.548 e. The molecule has 0 aliphatic heterocycles. The van der Waals surface area contributed by atoms with Crippen molar-refractivity contribution in [1.82, 2.24) is 9.62 Å². The Morgan fingerprint density at radius 3 is 2.31 bits per heavy atom. The molecule has 0 aromatic heterocycles. The van der Waals surface area contributed by atoms with Gasteiger partial charge >= 0.3 is 18.9 Å². The molecule has 0 radical (unpaired) electrons. The molecule has 45 heavy (non-hydrogen) atoms. The molecule has 0 bridgehead atoms. The zero-order valence-corrected chi connectivity index (χ0v) is 28.5. The number of carbonyl (C=O) groups excluding carboxylic acids is 2. The number of amides is 1. The van der Waals surface area contributed by atoms with E-state index >= 15 is 0 Å². The van der Waals surface area contributed by atoms with Crippen LogP contribution in [0.15, 0.2) is 71.6 Å². The molecule has 1 aliphatic rings. The monoisotopic (exact) mass is 642 g/mol. The Morgan fingerprint density at radius 2 is 1.67 bits per heavy atom. The van der Waals surface area contributed by atoms with Crippen molar-refractivity contribution < 1.29 is 42.0 Å². The maximum absolute atomic E-state index is 14.0. The molecule has 1 fully saturated rings. The summed E-state index contributed by atoms with van der Waals surface area (Å²) in [5.41, 5.74) is 4.46. The van der Waals surface area contributed by atoms with Crippen LogP contribution in [0.4, 0.5) is 0 Å². The number of rotatable bonds is 14. The van der Waals surface area contributed by atoms with Crippen molar-refractivity contribution in [2.75, 3.05) is 18.6 Å². The Kier molecular flexibility index (Phi) is 14.3. The number of aliphatic carboxylic acids is 1. The topological polar surface area (TPSA) is 107 Å². The van der Waals surface area contributed by atoms with E-state index in [1.54, 1.807) is 28.6 Å². The first-order valence-electron chi connectivity index (χ1n) is 15.4. The van der Waals surface area contributed by atoms with E-state index in [2.05, 4.69) is 5.32 Å². The van der Waals surface area contributed by atoms with Gasteiger partial charge in [-0.3, -0.25) is 4.79 Å². The predicted molar refractivity (Wildman–Crippen MR) is 176 cm³/mol. The largest absolute Gasteiger partial charge is 1.00 e. The van der Waals surface area contributed by atoms with Gasteiger partial charge in [0.2, 0.25) is 10.0 Å². The number of benzene rings is 3. The van der Waals surface area contributed by atoms with E-state index in [0.29, 0.717) is 29.3 Å². The molecular weight excluding hydrogens is 599 g/mol. The van der Waals surface area contributed by atoms with Crippen LogP contribution in [-0.2, 0) is 21.4 Å². The first kappa shape index (κ1) is 36.9. The van der Waals surface area contributed by atoms with Crippen molar-refractivity contribution in [1.29, 1.82) is 0 Å². The third kappa shape index (κ3) is 9.97. The quantitative estimate of drug-likeness (QED) is 0.271. The van der Waals surface area contributed by atoms with E-state index in [4.69, 9.17) is 0 Å². The Hall–Kier alpha value is -2.54. The molecule has 3 aromatic carbocycles. The number of sulfonamides is 1. The van der Waals surface area contributed by atoms with Crippen molar-refractivity contribution in [3.05, 3.63) is 89.0 Å². The van der Waals surface area contributed by atoms with Gasteiger partial charge in [-0.2, -0.15) is 16.1 Å². The number of thioether (sulfide) groups is 1. The normalized spacial score (nSPS) is 14.5. The molecule has 1 aliphatic carbocycles. The molecule has 10 heteroatoms. The molecule has 1 N–H and O–H groups in total. The molecule has 0 heterocycles. The Morgan fingerprint density at radius 1 is 0.978 bits per heavy atom. The molecule has 1 saturated carbocycles. The molecule has 1 amide bonds. The third-order valence-corrected chi connectivity index (χ3v) is 11.0. The Bertz CT molecular complexity index is 1540. The Labute approximate surface area is 284 Å². The summed E-state index contributed by atoms with van der Waals surface area (Å²) in [5, 5.41) is 14.4. The van der Waals surface area contributed by atoms with Gasteiger partial charge in [0.15, 0.2) is 0 Å². The second kappa shape index (κ2) is 17.4. The van der Waals surface area contributed by atoms with Crippen LogP contribution in [0.5, 0.6) is 0 Å². The van der Waals surface area contributed by atoms with Crippen molar-refractivity contribution in [3.63, 3.8) is 0 Å². The summed E-state index contributed by atoms with van der Waals surface area (Å²) in [5.74, 6) is -0.756. The molecule has 0 spiro atoms. The number of carboxylic acids is 1. The fourth-order valence-electron chi connectivity index (χ4n) is 5.86. The molecule has 3 aromatic rings. The van der Waals surface area contributed by atoms with Gasteiger partial charge in [-0.25, -0.2) is 8.42 Å². The van der Waals surface area contributed by atoms with Crippen LogP contribution in [0, 0.1) is 19.8 Å². The predicted octanol–water partition coefficient (Wildman–Crippen LogP) is 2.74. The summed E-state index contributed by atoms with van der Waals surface area (Å²) in [6.45, 7) is 4.44. The minimum atomic E-state index is -3.78. The van der Waals surface area contributed by atoms with Crippen molar-refractivity contribution >= 4 is 33.7 Å². The number of hydrogen-bond donors (Lipinski definition) is 1. The van der Waals surface area contributed by atoms with Gasteiger partial charge in [-0.05, 0) is 91.1 Å². The minimum Gasteiger partial charge on any atom is -0.548 e. The van der Waals surface area contributed by atoms with Crippen LogP contribution in [0.25, 0.3) is 11.1 Å². The summed E-state index contributed by atoms with van der Waals surface area (Å²) < 4.78 is 29.5. The maximum atomic E-state index is 14.0. The summed E-state index contributed by atoms with van der Waals surface area (Å²) in [7, 11) is -3.78. The molecule has 4 rings (SSSR count). The standard InChI is InChI=1S/C35H44N2O5S2.Li/c1-25-13-16-29(17-14-25)44(41,42)37(21-19-27-10-5-4-6-11-27)24-28-15-18-31(32(23-28)30-12-8-7-9-26(30)2)34(38)36-33(35(39)40)20-22-43-3;/h7-9,12-18,23,27,33H,4-6,10-11,19-22,24H2,1-3H3,(H,36,38)(H,39,40);/q;+1/p-1/t33-;/m0./s1. The third-order valence-electron chi connectivity index (χ3n) is 8.49. The number of hydrogen-bond acceptors (Lipinski definition) is 6. The maximum Gasteiger partial charge on any atom is 1.00 e. The van der Waals surface area contributed by atoms with Gasteiger partial charge in [-0.1, -0.05) is 80.1 Å². The van der Waals surface area contributed by atoms with E-state index in [1.807, 2.05) is 62.6 Å². The average Bonchev–Trinajstić information content (AvgIpc) is 3.01. The molecule has 0 saturated heterocycles. The van der Waals surface area contributed by atoms with E-state index in [1.165, 1.54) is 31.0 Å². The zero-order chi connectivity index (χ0) is 31.7. The first-order valence-corrected chi connectivity index (χ1v) is 18.2. The van der Waals surface area contributed by atoms with Crippen LogP contribution >= 0.6 is 11.8 Å². The Balaban J connectivity index is 0.00000552.